The van der Waals surface area contributed by atoms with Crippen molar-refractivity contribution >= 4 is 17.8 Å². The second-order valence-corrected chi connectivity index (χ2v) is 12.6. The molecule has 8 heteroatoms. The molecule has 3 atom stereocenters. The molecule has 4 rings (SSSR count). The van der Waals surface area contributed by atoms with Crippen LogP contribution >= 0.6 is 0 Å². The highest BCUT2D eigenvalue weighted by Crippen LogP contribution is 2.28. The number of allylic oxidation sites excluding steroid dienone is 2. The largest absolute Gasteiger partial charge is 0.489 e. The van der Waals surface area contributed by atoms with Crippen LogP contribution in [0.3, 0.4) is 0 Å². The van der Waals surface area contributed by atoms with E-state index in [4.69, 9.17) is 9.47 Å². The first kappa shape index (κ1) is 34.2. The van der Waals surface area contributed by atoms with E-state index in [1.165, 1.54) is 19.3 Å². The average molecular weight is 619 g/mol. The number of carbonyl (C=O) groups excluding carboxylic acids is 3. The summed E-state index contributed by atoms with van der Waals surface area (Å²) in [5.74, 6) is -0.0136. The number of nitrogens with one attached hydrogen (secondary N) is 2. The van der Waals surface area contributed by atoms with Crippen molar-refractivity contribution in [1.82, 2.24) is 10.6 Å². The van der Waals surface area contributed by atoms with Crippen molar-refractivity contribution in [3.8, 4) is 5.75 Å². The molecule has 0 aromatic heterocycles. The van der Waals surface area contributed by atoms with Crippen LogP contribution < -0.4 is 15.4 Å². The second kappa shape index (κ2) is 19.0. The zero-order valence-corrected chi connectivity index (χ0v) is 26.5. The first-order valence-electron chi connectivity index (χ1n) is 16.8. The van der Waals surface area contributed by atoms with E-state index in [1.54, 1.807) is 0 Å². The van der Waals surface area contributed by atoms with Gasteiger partial charge in [-0.05, 0) is 67.7 Å². The Morgan fingerprint density at radius 1 is 0.956 bits per heavy atom. The number of esters is 1. The van der Waals surface area contributed by atoms with E-state index >= 15 is 0 Å². The Hall–Kier alpha value is -3.65. The van der Waals surface area contributed by atoms with E-state index in [0.717, 1.165) is 55.4 Å². The molecule has 1 heterocycles. The minimum atomic E-state index is -0.561. The lowest BCUT2D eigenvalue weighted by Gasteiger charge is -2.28. The standard InChI is InChI=1S/C37H50N2O6/c40-25-32(22-29-18-20-34(21-19-29)44-26-30-14-8-5-9-15-30)38-35(41)24-31-16-10-2-1-3-11-17-36(42)45-27-33(39-37(31)43)23-28-12-6-4-7-13-28/h2,5,8-10,14-15,18-21,28,31-33,40H,1,3-4,6-7,11-13,16-17,22-27H2,(H,38,41)(H,39,43). The van der Waals surface area contributed by atoms with E-state index in [-0.39, 0.29) is 43.5 Å². The van der Waals surface area contributed by atoms with Gasteiger partial charge in [-0.2, -0.15) is 0 Å². The van der Waals surface area contributed by atoms with Crippen LogP contribution in [-0.4, -0.2) is 48.2 Å². The molecule has 1 aliphatic carbocycles. The molecule has 0 bridgehead atoms. The predicted octanol–water partition coefficient (Wildman–Crippen LogP) is 5.81. The third-order valence-electron chi connectivity index (χ3n) is 8.77. The second-order valence-electron chi connectivity index (χ2n) is 12.6. The van der Waals surface area contributed by atoms with Crippen LogP contribution in [0.4, 0.5) is 0 Å². The molecule has 2 aromatic carbocycles. The summed E-state index contributed by atoms with van der Waals surface area (Å²) >= 11 is 0. The number of hydrogen-bond donors (Lipinski definition) is 3. The predicted molar refractivity (Wildman–Crippen MR) is 174 cm³/mol. The van der Waals surface area contributed by atoms with Crippen LogP contribution in [0, 0.1) is 11.8 Å². The molecule has 3 unspecified atom stereocenters. The van der Waals surface area contributed by atoms with E-state index in [0.29, 0.717) is 31.8 Å². The molecule has 0 saturated heterocycles. The van der Waals surface area contributed by atoms with E-state index in [2.05, 4.69) is 10.6 Å². The Kier molecular flexibility index (Phi) is 14.4. The number of carbonyl (C=O) groups is 3. The number of cyclic esters (lactones) is 1. The molecule has 2 aromatic rings. The molecule has 8 nitrogen and oxygen atoms in total. The lowest BCUT2D eigenvalue weighted by Crippen LogP contribution is -2.45. The van der Waals surface area contributed by atoms with Crippen molar-refractivity contribution in [3.05, 3.63) is 77.9 Å². The third-order valence-corrected chi connectivity index (χ3v) is 8.77. The highest BCUT2D eigenvalue weighted by molar-refractivity contribution is 5.86. The summed E-state index contributed by atoms with van der Waals surface area (Å²) in [6, 6.07) is 16.9. The minimum absolute atomic E-state index is 0.00880. The summed E-state index contributed by atoms with van der Waals surface area (Å²) in [7, 11) is 0. The van der Waals surface area contributed by atoms with Crippen molar-refractivity contribution in [1.29, 1.82) is 0 Å². The van der Waals surface area contributed by atoms with Crippen molar-refractivity contribution in [2.75, 3.05) is 13.2 Å². The Labute approximate surface area is 268 Å². The SMILES string of the molecule is O=C(CC1CC=CCCCCC(=O)OCC(CC2CCCCC2)NC1=O)NC(CO)Cc1ccc(OCc2ccccc2)cc1. The van der Waals surface area contributed by atoms with E-state index < -0.39 is 12.0 Å². The van der Waals surface area contributed by atoms with Gasteiger partial charge in [-0.15, -0.1) is 0 Å². The molecule has 45 heavy (non-hydrogen) atoms. The van der Waals surface area contributed by atoms with Gasteiger partial charge in [0, 0.05) is 12.8 Å². The maximum atomic E-state index is 13.5. The normalized spacial score (nSPS) is 21.2. The lowest BCUT2D eigenvalue weighted by molar-refractivity contribution is -0.145. The first-order chi connectivity index (χ1) is 22.0. The van der Waals surface area contributed by atoms with Crippen molar-refractivity contribution in [2.24, 2.45) is 11.8 Å². The topological polar surface area (TPSA) is 114 Å². The molecule has 1 aliphatic heterocycles. The Morgan fingerprint density at radius 2 is 1.73 bits per heavy atom. The van der Waals surface area contributed by atoms with E-state index in [9.17, 15) is 19.5 Å². The van der Waals surface area contributed by atoms with Gasteiger partial charge in [-0.1, -0.05) is 86.7 Å². The molecular weight excluding hydrogens is 568 g/mol. The van der Waals surface area contributed by atoms with Crippen LogP contribution in [0.15, 0.2) is 66.7 Å². The number of aliphatic hydroxyl groups excluding tert-OH is 1. The van der Waals surface area contributed by atoms with Crippen LogP contribution in [0.1, 0.15) is 88.2 Å². The van der Waals surface area contributed by atoms with Gasteiger partial charge in [0.05, 0.1) is 24.6 Å². The summed E-state index contributed by atoms with van der Waals surface area (Å²) in [6.07, 6.45) is 14.4. The maximum Gasteiger partial charge on any atom is 0.305 e. The van der Waals surface area contributed by atoms with Gasteiger partial charge in [0.2, 0.25) is 11.8 Å². The van der Waals surface area contributed by atoms with Gasteiger partial charge in [-0.25, -0.2) is 0 Å². The van der Waals surface area contributed by atoms with E-state index in [1.807, 2.05) is 66.7 Å². The van der Waals surface area contributed by atoms with Gasteiger partial charge >= 0.3 is 5.97 Å². The number of benzene rings is 2. The summed E-state index contributed by atoms with van der Waals surface area (Å²) < 4.78 is 11.5. The Balaban J connectivity index is 1.33. The molecule has 244 valence electrons. The zero-order chi connectivity index (χ0) is 31.7. The molecule has 1 saturated carbocycles. The molecule has 2 aliphatic rings. The fourth-order valence-electron chi connectivity index (χ4n) is 6.19. The maximum absolute atomic E-state index is 13.5. The molecule has 0 spiro atoms. The highest BCUT2D eigenvalue weighted by Gasteiger charge is 2.27. The van der Waals surface area contributed by atoms with Crippen LogP contribution in [0.5, 0.6) is 5.75 Å². The summed E-state index contributed by atoms with van der Waals surface area (Å²) in [5.41, 5.74) is 2.05. The average Bonchev–Trinajstić information content (AvgIpc) is 3.06. The quantitative estimate of drug-likeness (QED) is 0.216. The fraction of sp³-hybridized carbons (Fsp3) is 0.541. The number of aliphatic hydroxyl groups is 1. The summed E-state index contributed by atoms with van der Waals surface area (Å²) in [5, 5.41) is 16.1. The molecule has 1 fully saturated rings. The van der Waals surface area contributed by atoms with Gasteiger partial charge < -0.3 is 25.2 Å². The third kappa shape index (κ3) is 12.7. The van der Waals surface area contributed by atoms with Crippen molar-refractivity contribution in [3.63, 3.8) is 0 Å². The van der Waals surface area contributed by atoms with Crippen molar-refractivity contribution in [2.45, 2.75) is 102 Å². The number of rotatable bonds is 11. The molecule has 3 N–H and O–H groups in total. The first-order valence-corrected chi connectivity index (χ1v) is 16.8. The zero-order valence-electron chi connectivity index (χ0n) is 26.5. The number of amides is 2. The van der Waals surface area contributed by atoms with Gasteiger partial charge in [0.25, 0.3) is 0 Å². The smallest absolute Gasteiger partial charge is 0.305 e. The van der Waals surface area contributed by atoms with Crippen LogP contribution in [0.2, 0.25) is 0 Å². The van der Waals surface area contributed by atoms with Crippen LogP contribution in [0.25, 0.3) is 0 Å². The van der Waals surface area contributed by atoms with Gasteiger partial charge in [0.1, 0.15) is 19.0 Å². The number of hydrogen-bond acceptors (Lipinski definition) is 6. The van der Waals surface area contributed by atoms with Crippen LogP contribution in [-0.2, 0) is 32.1 Å². The highest BCUT2D eigenvalue weighted by atomic mass is 16.5. The summed E-state index contributed by atoms with van der Waals surface area (Å²) in [4.78, 5) is 39.1. The fourth-order valence-corrected chi connectivity index (χ4v) is 6.19. The lowest BCUT2D eigenvalue weighted by atomic mass is 9.84. The number of ether oxygens (including phenoxy) is 2. The Bertz CT molecular complexity index is 1210. The van der Waals surface area contributed by atoms with Crippen molar-refractivity contribution < 1.29 is 29.0 Å². The Morgan fingerprint density at radius 3 is 2.49 bits per heavy atom. The van der Waals surface area contributed by atoms with Gasteiger partial charge in [-0.3, -0.25) is 14.4 Å². The molecule has 2 amide bonds. The summed E-state index contributed by atoms with van der Waals surface area (Å²) in [6.45, 7) is 0.425. The molecular formula is C37H50N2O6. The minimum Gasteiger partial charge on any atom is -0.489 e. The van der Waals surface area contributed by atoms with Gasteiger partial charge in [0.15, 0.2) is 0 Å². The molecule has 0 radical (unpaired) electrons. The monoisotopic (exact) mass is 618 g/mol.